The lowest BCUT2D eigenvalue weighted by Gasteiger charge is -2.30. The molecule has 1 saturated heterocycles. The summed E-state index contributed by atoms with van der Waals surface area (Å²) in [6, 6.07) is 11.7. The fourth-order valence-corrected chi connectivity index (χ4v) is 4.12. The minimum absolute atomic E-state index is 0.0990. The first-order valence-electron chi connectivity index (χ1n) is 10.1. The van der Waals surface area contributed by atoms with E-state index in [1.807, 2.05) is 12.1 Å². The van der Waals surface area contributed by atoms with Crippen molar-refractivity contribution in [2.24, 2.45) is 0 Å². The van der Waals surface area contributed by atoms with Crippen molar-refractivity contribution < 1.29 is 19.0 Å². The van der Waals surface area contributed by atoms with E-state index in [0.29, 0.717) is 28.8 Å². The van der Waals surface area contributed by atoms with E-state index in [-0.39, 0.29) is 11.9 Å². The molecule has 1 unspecified atom stereocenters. The van der Waals surface area contributed by atoms with Crippen molar-refractivity contribution in [3.05, 3.63) is 47.0 Å². The summed E-state index contributed by atoms with van der Waals surface area (Å²) in [5.74, 6) is 1.72. The zero-order valence-electron chi connectivity index (χ0n) is 17.7. The summed E-state index contributed by atoms with van der Waals surface area (Å²) in [6.07, 6.45) is 4.43. The Morgan fingerprint density at radius 1 is 1.03 bits per heavy atom. The number of hydrogen-bond acceptors (Lipinski definition) is 5. The summed E-state index contributed by atoms with van der Waals surface area (Å²) in [5.41, 5.74) is 1.75. The molecule has 6 nitrogen and oxygen atoms in total. The van der Waals surface area contributed by atoms with Crippen molar-refractivity contribution in [2.45, 2.75) is 31.7 Å². The highest BCUT2D eigenvalue weighted by Gasteiger charge is 2.25. The molecule has 0 bridgehead atoms. The van der Waals surface area contributed by atoms with E-state index in [0.717, 1.165) is 31.6 Å². The Bertz CT molecular complexity index is 857. The molecule has 0 saturated carbocycles. The van der Waals surface area contributed by atoms with Gasteiger partial charge in [-0.15, -0.1) is 0 Å². The first-order chi connectivity index (χ1) is 14.5. The Morgan fingerprint density at radius 3 is 2.43 bits per heavy atom. The topological polar surface area (TPSA) is 60.0 Å². The molecule has 30 heavy (non-hydrogen) atoms. The molecule has 3 rings (SSSR count). The van der Waals surface area contributed by atoms with E-state index in [4.69, 9.17) is 25.8 Å². The SMILES string of the molecule is COc1ccc(C2CCCCCN2CC(=O)Nc2cc(OC)c(Cl)cc2OC)cc1. The molecule has 0 radical (unpaired) electrons. The van der Waals surface area contributed by atoms with Crippen LogP contribution < -0.4 is 19.5 Å². The quantitative estimate of drug-likeness (QED) is 0.672. The summed E-state index contributed by atoms with van der Waals surface area (Å²) in [5, 5.41) is 3.39. The first-order valence-corrected chi connectivity index (χ1v) is 10.5. The maximum Gasteiger partial charge on any atom is 0.238 e. The molecule has 0 spiro atoms. The van der Waals surface area contributed by atoms with Crippen LogP contribution in [0.5, 0.6) is 17.2 Å². The van der Waals surface area contributed by atoms with E-state index >= 15 is 0 Å². The number of likely N-dealkylation sites (tertiary alicyclic amines) is 1. The number of halogens is 1. The highest BCUT2D eigenvalue weighted by atomic mass is 35.5. The van der Waals surface area contributed by atoms with Crippen molar-refractivity contribution in [1.82, 2.24) is 4.90 Å². The molecular weight excluding hydrogens is 404 g/mol. The lowest BCUT2D eigenvalue weighted by atomic mass is 10.0. The Labute approximate surface area is 183 Å². The molecule has 2 aromatic carbocycles. The number of nitrogens with zero attached hydrogens (tertiary/aromatic N) is 1. The van der Waals surface area contributed by atoms with Gasteiger partial charge in [-0.05, 0) is 37.1 Å². The molecule has 0 aliphatic carbocycles. The van der Waals surface area contributed by atoms with Crippen LogP contribution in [0.3, 0.4) is 0 Å². The number of carbonyl (C=O) groups excluding carboxylic acids is 1. The fraction of sp³-hybridized carbons (Fsp3) is 0.435. The molecule has 0 aromatic heterocycles. The molecule has 7 heteroatoms. The molecule has 1 aliphatic rings. The van der Waals surface area contributed by atoms with E-state index in [1.165, 1.54) is 19.1 Å². The molecule has 1 atom stereocenters. The maximum atomic E-state index is 12.9. The van der Waals surface area contributed by atoms with Crippen LogP contribution >= 0.6 is 11.6 Å². The van der Waals surface area contributed by atoms with Gasteiger partial charge in [0.2, 0.25) is 5.91 Å². The van der Waals surface area contributed by atoms with Crippen LogP contribution in [0, 0.1) is 0 Å². The van der Waals surface area contributed by atoms with Crippen LogP contribution in [0.25, 0.3) is 0 Å². The third kappa shape index (κ3) is 5.37. The van der Waals surface area contributed by atoms with Gasteiger partial charge in [0.15, 0.2) is 0 Å². The number of anilines is 1. The molecular formula is C23H29ClN2O4. The predicted octanol–water partition coefficient (Wildman–Crippen LogP) is 4.92. The molecule has 162 valence electrons. The summed E-state index contributed by atoms with van der Waals surface area (Å²) in [6.45, 7) is 1.18. The number of ether oxygens (including phenoxy) is 3. The van der Waals surface area contributed by atoms with Crippen LogP contribution in [0.1, 0.15) is 37.3 Å². The zero-order valence-corrected chi connectivity index (χ0v) is 18.5. The third-order valence-corrected chi connectivity index (χ3v) is 5.75. The maximum absolute atomic E-state index is 12.9. The third-order valence-electron chi connectivity index (χ3n) is 5.46. The van der Waals surface area contributed by atoms with Gasteiger partial charge in [-0.3, -0.25) is 9.69 Å². The van der Waals surface area contributed by atoms with Crippen molar-refractivity contribution in [3.63, 3.8) is 0 Å². The molecule has 1 amide bonds. The van der Waals surface area contributed by atoms with Crippen molar-refractivity contribution in [2.75, 3.05) is 39.7 Å². The molecule has 1 N–H and O–H groups in total. The highest BCUT2D eigenvalue weighted by molar-refractivity contribution is 6.32. The second kappa shape index (κ2) is 10.5. The van der Waals surface area contributed by atoms with Crippen LogP contribution in [0.2, 0.25) is 5.02 Å². The Hall–Kier alpha value is -2.44. The van der Waals surface area contributed by atoms with Crippen molar-refractivity contribution >= 4 is 23.2 Å². The minimum Gasteiger partial charge on any atom is -0.497 e. The van der Waals surface area contributed by atoms with E-state index in [9.17, 15) is 4.79 Å². The van der Waals surface area contributed by atoms with E-state index in [2.05, 4.69) is 22.3 Å². The molecule has 1 heterocycles. The fourth-order valence-electron chi connectivity index (χ4n) is 3.89. The minimum atomic E-state index is -0.0990. The number of amides is 1. The monoisotopic (exact) mass is 432 g/mol. The van der Waals surface area contributed by atoms with E-state index in [1.54, 1.807) is 26.4 Å². The number of hydrogen-bond donors (Lipinski definition) is 1. The standard InChI is InChI=1S/C23H29ClN2O4/c1-28-17-10-8-16(9-11-17)20-7-5-4-6-12-26(20)15-23(27)25-19-14-21(29-2)18(24)13-22(19)30-3/h8-11,13-14,20H,4-7,12,15H2,1-3H3,(H,25,27). The Morgan fingerprint density at radius 2 is 1.77 bits per heavy atom. The van der Waals surface area contributed by atoms with Gasteiger partial charge in [0.25, 0.3) is 0 Å². The van der Waals surface area contributed by atoms with Gasteiger partial charge in [-0.1, -0.05) is 36.6 Å². The summed E-state index contributed by atoms with van der Waals surface area (Å²) >= 11 is 6.16. The number of nitrogens with one attached hydrogen (secondary N) is 1. The van der Waals surface area contributed by atoms with E-state index < -0.39 is 0 Å². The second-order valence-electron chi connectivity index (χ2n) is 7.34. The van der Waals surface area contributed by atoms with Crippen LogP contribution in [0.15, 0.2) is 36.4 Å². The molecule has 2 aromatic rings. The van der Waals surface area contributed by atoms with Gasteiger partial charge in [0.05, 0.1) is 38.6 Å². The lowest BCUT2D eigenvalue weighted by molar-refractivity contribution is -0.117. The average molecular weight is 433 g/mol. The summed E-state index contributed by atoms with van der Waals surface area (Å²) < 4.78 is 15.9. The molecule has 1 aliphatic heterocycles. The van der Waals surface area contributed by atoms with Gasteiger partial charge in [-0.25, -0.2) is 0 Å². The average Bonchev–Trinajstić information content (AvgIpc) is 3.00. The van der Waals surface area contributed by atoms with Crippen molar-refractivity contribution in [1.29, 1.82) is 0 Å². The second-order valence-corrected chi connectivity index (χ2v) is 7.75. The number of benzene rings is 2. The zero-order chi connectivity index (χ0) is 21.5. The summed E-state index contributed by atoms with van der Waals surface area (Å²) in [4.78, 5) is 15.2. The predicted molar refractivity (Wildman–Crippen MR) is 119 cm³/mol. The van der Waals surface area contributed by atoms with Gasteiger partial charge >= 0.3 is 0 Å². The highest BCUT2D eigenvalue weighted by Crippen LogP contribution is 2.36. The van der Waals surface area contributed by atoms with Crippen LogP contribution in [-0.2, 0) is 4.79 Å². The van der Waals surface area contributed by atoms with Gasteiger partial charge in [-0.2, -0.15) is 0 Å². The number of carbonyl (C=O) groups is 1. The van der Waals surface area contributed by atoms with Gasteiger partial charge in [0.1, 0.15) is 17.2 Å². The van der Waals surface area contributed by atoms with Gasteiger partial charge < -0.3 is 19.5 Å². The van der Waals surface area contributed by atoms with Crippen LogP contribution in [0.4, 0.5) is 5.69 Å². The number of methoxy groups -OCH3 is 3. The van der Waals surface area contributed by atoms with Crippen molar-refractivity contribution in [3.8, 4) is 17.2 Å². The Balaban J connectivity index is 1.76. The smallest absolute Gasteiger partial charge is 0.238 e. The summed E-state index contributed by atoms with van der Waals surface area (Å²) in [7, 11) is 4.75. The lowest BCUT2D eigenvalue weighted by Crippen LogP contribution is -2.36. The molecule has 1 fully saturated rings. The van der Waals surface area contributed by atoms with Gasteiger partial charge in [0, 0.05) is 18.2 Å². The van der Waals surface area contributed by atoms with Crippen LogP contribution in [-0.4, -0.2) is 45.2 Å². The Kier molecular flexibility index (Phi) is 7.82. The number of rotatable bonds is 7. The largest absolute Gasteiger partial charge is 0.497 e. The normalized spacial score (nSPS) is 17.1. The first kappa shape index (κ1) is 22.2.